The van der Waals surface area contributed by atoms with Crippen LogP contribution >= 0.6 is 11.3 Å². The molecule has 10 heteroatoms. The molecule has 0 aliphatic carbocycles. The van der Waals surface area contributed by atoms with Gasteiger partial charge in [0.05, 0.1) is 11.1 Å². The van der Waals surface area contributed by atoms with Gasteiger partial charge in [0.15, 0.2) is 10.7 Å². The highest BCUT2D eigenvalue weighted by Crippen LogP contribution is 2.26. The molecule has 5 rings (SSSR count). The first-order valence-electron chi connectivity index (χ1n) is 13.1. The molecule has 1 saturated heterocycles. The van der Waals surface area contributed by atoms with E-state index in [4.69, 9.17) is 10.8 Å². The molecular formula is C29H34N8OS. The van der Waals surface area contributed by atoms with Gasteiger partial charge < -0.3 is 16.0 Å². The molecule has 0 atom stereocenters. The van der Waals surface area contributed by atoms with Crippen molar-refractivity contribution in [3.05, 3.63) is 57.4 Å². The van der Waals surface area contributed by atoms with E-state index < -0.39 is 0 Å². The normalized spacial score (nSPS) is 14.8. The fourth-order valence-corrected chi connectivity index (χ4v) is 5.54. The monoisotopic (exact) mass is 542 g/mol. The molecule has 4 heterocycles. The van der Waals surface area contributed by atoms with E-state index in [1.165, 1.54) is 17.7 Å². The Labute approximate surface area is 232 Å². The molecule has 3 aromatic heterocycles. The number of nitrogen functional groups attached to an aromatic ring is 1. The number of benzene rings is 1. The molecule has 0 unspecified atom stereocenters. The van der Waals surface area contributed by atoms with Crippen molar-refractivity contribution in [1.82, 2.24) is 29.6 Å². The zero-order chi connectivity index (χ0) is 27.7. The van der Waals surface area contributed by atoms with Gasteiger partial charge in [0.25, 0.3) is 5.91 Å². The number of likely N-dealkylation sites (tertiary alicyclic amines) is 1. The Balaban J connectivity index is 1.40. The van der Waals surface area contributed by atoms with Gasteiger partial charge in [-0.2, -0.15) is 5.10 Å². The van der Waals surface area contributed by atoms with Crippen molar-refractivity contribution in [2.75, 3.05) is 31.2 Å². The summed E-state index contributed by atoms with van der Waals surface area (Å²) in [6, 6.07) is 5.68. The van der Waals surface area contributed by atoms with Crippen LogP contribution in [0, 0.1) is 24.7 Å². The van der Waals surface area contributed by atoms with Crippen LogP contribution in [0.1, 0.15) is 65.9 Å². The lowest BCUT2D eigenvalue weighted by molar-refractivity contribution is 0.102. The number of nitrogens with zero attached hydrogens (tertiary/aromatic N) is 6. The minimum atomic E-state index is -0.234. The van der Waals surface area contributed by atoms with E-state index in [0.717, 1.165) is 49.3 Å². The first kappa shape index (κ1) is 26.8. The summed E-state index contributed by atoms with van der Waals surface area (Å²) in [6.07, 6.45) is 3.72. The summed E-state index contributed by atoms with van der Waals surface area (Å²) in [5.74, 6) is 7.11. The number of fused-ring (bicyclic) bond motifs is 1. The number of nitrogens with two attached hydrogens (primary N) is 1. The van der Waals surface area contributed by atoms with Crippen molar-refractivity contribution < 1.29 is 4.79 Å². The fraction of sp³-hybridized carbons (Fsp3) is 0.414. The van der Waals surface area contributed by atoms with Crippen molar-refractivity contribution >= 4 is 39.8 Å². The fourth-order valence-electron chi connectivity index (χ4n) is 4.60. The number of nitrogens with one attached hydrogen (secondary N) is 1. The topological polar surface area (TPSA) is 115 Å². The molecule has 0 saturated carbocycles. The van der Waals surface area contributed by atoms with Gasteiger partial charge in [-0.05, 0) is 69.4 Å². The van der Waals surface area contributed by atoms with Crippen LogP contribution in [0.25, 0.3) is 11.0 Å². The maximum absolute atomic E-state index is 12.9. The maximum Gasteiger partial charge on any atom is 0.284 e. The Morgan fingerprint density at radius 1 is 1.21 bits per heavy atom. The van der Waals surface area contributed by atoms with Gasteiger partial charge in [0.2, 0.25) is 0 Å². The van der Waals surface area contributed by atoms with E-state index in [9.17, 15) is 4.79 Å². The van der Waals surface area contributed by atoms with E-state index in [1.54, 1.807) is 0 Å². The van der Waals surface area contributed by atoms with Crippen molar-refractivity contribution in [3.63, 3.8) is 0 Å². The summed E-state index contributed by atoms with van der Waals surface area (Å²) in [7, 11) is 2.16. The SMILES string of the molecule is Cc1ccc(NC(=O)c2nc(C(C)(C)C)cs2)cc1C#Cc1nn(CC2CCN(C)CC2)c2ncnc(N)c12. The largest absolute Gasteiger partial charge is 0.383 e. The average Bonchev–Trinajstić information content (AvgIpc) is 3.52. The number of hydrogen-bond donors (Lipinski definition) is 2. The molecule has 1 amide bonds. The Morgan fingerprint density at radius 2 is 1.97 bits per heavy atom. The van der Waals surface area contributed by atoms with Gasteiger partial charge in [0.1, 0.15) is 17.8 Å². The Hall–Kier alpha value is -3.81. The lowest BCUT2D eigenvalue weighted by Gasteiger charge is -2.28. The molecule has 3 N–H and O–H groups in total. The third-order valence-corrected chi connectivity index (χ3v) is 7.95. The second-order valence-corrected chi connectivity index (χ2v) is 12.1. The minimum absolute atomic E-state index is 0.111. The van der Waals surface area contributed by atoms with E-state index >= 15 is 0 Å². The van der Waals surface area contributed by atoms with Gasteiger partial charge in [-0.15, -0.1) is 11.3 Å². The molecule has 1 aromatic carbocycles. The first-order chi connectivity index (χ1) is 18.6. The third kappa shape index (κ3) is 5.95. The van der Waals surface area contributed by atoms with Crippen LogP contribution in [0.4, 0.5) is 11.5 Å². The molecule has 9 nitrogen and oxygen atoms in total. The Morgan fingerprint density at radius 3 is 2.69 bits per heavy atom. The predicted octanol–water partition coefficient (Wildman–Crippen LogP) is 4.46. The summed E-state index contributed by atoms with van der Waals surface area (Å²) in [5.41, 5.74) is 10.7. The standard InChI is InChI=1S/C29H34N8OS/c1-18-6-8-21(33-27(38)28-34-23(16-39-28)29(2,3)4)14-20(18)7-9-22-24-25(30)31-17-32-26(24)37(35-22)15-19-10-12-36(5)13-11-19/h6,8,14,16-17,19H,10-13,15H2,1-5H3,(H,33,38)(H2,30,31,32). The van der Waals surface area contributed by atoms with Crippen LogP contribution < -0.4 is 11.1 Å². The summed E-state index contributed by atoms with van der Waals surface area (Å²) in [5, 5.41) is 10.8. The zero-order valence-corrected chi connectivity index (χ0v) is 23.9. The van der Waals surface area contributed by atoms with E-state index in [0.29, 0.717) is 39.2 Å². The molecule has 202 valence electrons. The van der Waals surface area contributed by atoms with Gasteiger partial charge >= 0.3 is 0 Å². The van der Waals surface area contributed by atoms with Crippen molar-refractivity contribution in [2.24, 2.45) is 5.92 Å². The van der Waals surface area contributed by atoms with Crippen LogP contribution in [-0.2, 0) is 12.0 Å². The molecule has 39 heavy (non-hydrogen) atoms. The van der Waals surface area contributed by atoms with E-state index in [1.807, 2.05) is 35.2 Å². The van der Waals surface area contributed by atoms with Crippen LogP contribution in [-0.4, -0.2) is 55.7 Å². The van der Waals surface area contributed by atoms with Crippen LogP contribution in [0.15, 0.2) is 29.9 Å². The number of thiazole rings is 1. The predicted molar refractivity (Wildman–Crippen MR) is 156 cm³/mol. The number of piperidine rings is 1. The summed E-state index contributed by atoms with van der Waals surface area (Å²) in [4.78, 5) is 28.4. The number of anilines is 2. The molecule has 1 fully saturated rings. The molecule has 0 spiro atoms. The molecule has 1 aliphatic heterocycles. The molecule has 0 bridgehead atoms. The molecule has 1 aliphatic rings. The van der Waals surface area contributed by atoms with Crippen molar-refractivity contribution in [2.45, 2.75) is 52.5 Å². The summed E-state index contributed by atoms with van der Waals surface area (Å²) >= 11 is 1.35. The number of aryl methyl sites for hydroxylation is 1. The van der Waals surface area contributed by atoms with Crippen LogP contribution in [0.5, 0.6) is 0 Å². The van der Waals surface area contributed by atoms with E-state index in [-0.39, 0.29) is 11.3 Å². The smallest absolute Gasteiger partial charge is 0.284 e. The van der Waals surface area contributed by atoms with E-state index in [2.05, 4.69) is 64.8 Å². The van der Waals surface area contributed by atoms with Gasteiger partial charge in [-0.1, -0.05) is 32.8 Å². The molecular weight excluding hydrogens is 508 g/mol. The highest BCUT2D eigenvalue weighted by Gasteiger charge is 2.22. The minimum Gasteiger partial charge on any atom is -0.383 e. The summed E-state index contributed by atoms with van der Waals surface area (Å²) in [6.45, 7) is 11.2. The lowest BCUT2D eigenvalue weighted by Crippen LogP contribution is -2.32. The Kier molecular flexibility index (Phi) is 7.38. The zero-order valence-electron chi connectivity index (χ0n) is 23.1. The number of hydrogen-bond acceptors (Lipinski definition) is 8. The molecule has 0 radical (unpaired) electrons. The second-order valence-electron chi connectivity index (χ2n) is 11.3. The number of rotatable bonds is 4. The maximum atomic E-state index is 12.9. The number of aromatic nitrogens is 5. The highest BCUT2D eigenvalue weighted by atomic mass is 32.1. The van der Waals surface area contributed by atoms with Gasteiger partial charge in [0, 0.05) is 28.6 Å². The van der Waals surface area contributed by atoms with Crippen molar-refractivity contribution in [3.8, 4) is 11.8 Å². The van der Waals surface area contributed by atoms with Gasteiger partial charge in [-0.3, -0.25) is 4.79 Å². The first-order valence-corrected chi connectivity index (χ1v) is 14.0. The summed E-state index contributed by atoms with van der Waals surface area (Å²) < 4.78 is 1.93. The molecule has 4 aromatic rings. The average molecular weight is 543 g/mol. The van der Waals surface area contributed by atoms with Crippen LogP contribution in [0.2, 0.25) is 0 Å². The van der Waals surface area contributed by atoms with Gasteiger partial charge in [-0.25, -0.2) is 19.6 Å². The number of amides is 1. The Bertz CT molecular complexity index is 1580. The number of carbonyl (C=O) groups is 1. The van der Waals surface area contributed by atoms with Crippen molar-refractivity contribution in [1.29, 1.82) is 0 Å². The second kappa shape index (κ2) is 10.8. The lowest BCUT2D eigenvalue weighted by atomic mass is 9.93. The highest BCUT2D eigenvalue weighted by molar-refractivity contribution is 7.11. The van der Waals surface area contributed by atoms with Crippen LogP contribution in [0.3, 0.4) is 0 Å². The quantitative estimate of drug-likeness (QED) is 0.366. The number of carbonyl (C=O) groups excluding carboxylic acids is 1. The third-order valence-electron chi connectivity index (χ3n) is 7.11.